The molecule has 0 aliphatic rings. The van der Waals surface area contributed by atoms with Crippen molar-refractivity contribution in [1.82, 2.24) is 15.2 Å². The van der Waals surface area contributed by atoms with Crippen LogP contribution in [0.3, 0.4) is 0 Å². The van der Waals surface area contributed by atoms with Crippen LogP contribution in [-0.4, -0.2) is 15.2 Å². The minimum absolute atomic E-state index is 0.239. The van der Waals surface area contributed by atoms with Gasteiger partial charge >= 0.3 is 6.18 Å². The summed E-state index contributed by atoms with van der Waals surface area (Å²) in [7, 11) is 0. The molecule has 2 aromatic heterocycles. The lowest BCUT2D eigenvalue weighted by Crippen LogP contribution is -2.04. The molecule has 1 N–H and O–H groups in total. The Labute approximate surface area is 124 Å². The van der Waals surface area contributed by atoms with Crippen molar-refractivity contribution < 1.29 is 13.2 Å². The van der Waals surface area contributed by atoms with Gasteiger partial charge in [-0.05, 0) is 24.6 Å². The first-order valence-corrected chi connectivity index (χ1v) is 6.59. The third kappa shape index (κ3) is 2.86. The van der Waals surface area contributed by atoms with Gasteiger partial charge in [-0.2, -0.15) is 18.3 Å². The number of hydrogen-bond donors (Lipinski definition) is 1. The van der Waals surface area contributed by atoms with Crippen molar-refractivity contribution in [2.75, 3.05) is 0 Å². The summed E-state index contributed by atoms with van der Waals surface area (Å²) in [4.78, 5) is 4.20. The van der Waals surface area contributed by atoms with Crippen LogP contribution in [0.2, 0.25) is 0 Å². The van der Waals surface area contributed by atoms with Crippen molar-refractivity contribution in [2.45, 2.75) is 13.1 Å². The Kier molecular flexibility index (Phi) is 3.44. The fraction of sp³-hybridized carbons (Fsp3) is 0.125. The van der Waals surface area contributed by atoms with E-state index in [-0.39, 0.29) is 5.69 Å². The first-order chi connectivity index (χ1) is 10.4. The second-order valence-electron chi connectivity index (χ2n) is 4.96. The molecule has 2 heterocycles. The molecule has 112 valence electrons. The molecule has 22 heavy (non-hydrogen) atoms. The predicted octanol–water partition coefficient (Wildman–Crippen LogP) is 4.47. The Bertz CT molecular complexity index is 772. The Morgan fingerprint density at radius 1 is 0.955 bits per heavy atom. The fourth-order valence-corrected chi connectivity index (χ4v) is 2.07. The van der Waals surface area contributed by atoms with Crippen LogP contribution >= 0.6 is 0 Å². The zero-order chi connectivity index (χ0) is 15.7. The maximum atomic E-state index is 12.5. The Morgan fingerprint density at radius 3 is 2.18 bits per heavy atom. The maximum Gasteiger partial charge on any atom is 0.435 e. The summed E-state index contributed by atoms with van der Waals surface area (Å²) >= 11 is 0. The fourth-order valence-electron chi connectivity index (χ4n) is 2.07. The van der Waals surface area contributed by atoms with E-state index in [4.69, 9.17) is 0 Å². The SMILES string of the molecule is Cc1ccc(-c2ccc(-c3cc(C(F)(F)F)n[nH]3)nc2)cc1. The first kappa shape index (κ1) is 14.3. The highest BCUT2D eigenvalue weighted by molar-refractivity contribution is 5.65. The highest BCUT2D eigenvalue weighted by atomic mass is 19.4. The number of benzene rings is 1. The molecule has 0 amide bonds. The molecule has 1 aromatic carbocycles. The third-order valence-electron chi connectivity index (χ3n) is 3.29. The van der Waals surface area contributed by atoms with E-state index in [1.165, 1.54) is 0 Å². The van der Waals surface area contributed by atoms with Gasteiger partial charge in [0, 0.05) is 11.8 Å². The van der Waals surface area contributed by atoms with Gasteiger partial charge in [0.15, 0.2) is 5.69 Å². The second kappa shape index (κ2) is 5.29. The quantitative estimate of drug-likeness (QED) is 0.759. The predicted molar refractivity (Wildman–Crippen MR) is 77.0 cm³/mol. The summed E-state index contributed by atoms with van der Waals surface area (Å²) in [6, 6.07) is 12.4. The zero-order valence-corrected chi connectivity index (χ0v) is 11.6. The Morgan fingerprint density at radius 2 is 1.64 bits per heavy atom. The Hall–Kier alpha value is -2.63. The number of aromatic nitrogens is 3. The van der Waals surface area contributed by atoms with Crippen molar-refractivity contribution >= 4 is 0 Å². The standard InChI is InChI=1S/C16H12F3N3/c1-10-2-4-11(5-3-10)12-6-7-13(20-9-12)14-8-15(22-21-14)16(17,18)19/h2-9H,1H3,(H,21,22). The Balaban J connectivity index is 1.88. The number of aromatic amines is 1. The summed E-state index contributed by atoms with van der Waals surface area (Å²) in [5.41, 5.74) is 2.77. The first-order valence-electron chi connectivity index (χ1n) is 6.59. The third-order valence-corrected chi connectivity index (χ3v) is 3.29. The highest BCUT2D eigenvalue weighted by Gasteiger charge is 2.34. The summed E-state index contributed by atoms with van der Waals surface area (Å²) in [6.45, 7) is 2.00. The lowest BCUT2D eigenvalue weighted by molar-refractivity contribution is -0.141. The van der Waals surface area contributed by atoms with Crippen molar-refractivity contribution in [3.63, 3.8) is 0 Å². The largest absolute Gasteiger partial charge is 0.435 e. The number of H-pyrrole nitrogens is 1. The van der Waals surface area contributed by atoms with Gasteiger partial charge in [-0.1, -0.05) is 35.9 Å². The van der Waals surface area contributed by atoms with Crippen LogP contribution in [0.25, 0.3) is 22.5 Å². The summed E-state index contributed by atoms with van der Waals surface area (Å²) in [5.74, 6) is 0. The summed E-state index contributed by atoms with van der Waals surface area (Å²) in [6.07, 6.45) is -2.83. The molecular formula is C16H12F3N3. The van der Waals surface area contributed by atoms with Gasteiger partial charge in [0.1, 0.15) is 0 Å². The number of hydrogen-bond acceptors (Lipinski definition) is 2. The van der Waals surface area contributed by atoms with Gasteiger partial charge in [0.2, 0.25) is 0 Å². The number of pyridine rings is 1. The molecule has 0 atom stereocenters. The molecule has 0 fully saturated rings. The van der Waals surface area contributed by atoms with Crippen LogP contribution in [-0.2, 0) is 6.18 Å². The van der Waals surface area contributed by atoms with E-state index in [1.807, 2.05) is 37.3 Å². The van der Waals surface area contributed by atoms with E-state index in [1.54, 1.807) is 12.3 Å². The van der Waals surface area contributed by atoms with E-state index in [0.717, 1.165) is 22.8 Å². The van der Waals surface area contributed by atoms with Crippen LogP contribution in [0.5, 0.6) is 0 Å². The second-order valence-corrected chi connectivity index (χ2v) is 4.96. The number of nitrogens with one attached hydrogen (secondary N) is 1. The van der Waals surface area contributed by atoms with Crippen molar-refractivity contribution in [3.05, 3.63) is 59.9 Å². The number of nitrogens with zero attached hydrogens (tertiary/aromatic N) is 2. The van der Waals surface area contributed by atoms with Crippen molar-refractivity contribution in [3.8, 4) is 22.5 Å². The number of aryl methyl sites for hydroxylation is 1. The molecule has 6 heteroatoms. The topological polar surface area (TPSA) is 41.6 Å². The average molecular weight is 303 g/mol. The van der Waals surface area contributed by atoms with Gasteiger partial charge in [-0.3, -0.25) is 10.1 Å². The molecule has 0 saturated carbocycles. The van der Waals surface area contributed by atoms with E-state index < -0.39 is 11.9 Å². The minimum Gasteiger partial charge on any atom is -0.276 e. The molecule has 3 nitrogen and oxygen atoms in total. The highest BCUT2D eigenvalue weighted by Crippen LogP contribution is 2.30. The molecule has 0 aliphatic carbocycles. The van der Waals surface area contributed by atoms with Crippen LogP contribution in [0.15, 0.2) is 48.7 Å². The van der Waals surface area contributed by atoms with Gasteiger partial charge < -0.3 is 0 Å². The monoisotopic (exact) mass is 303 g/mol. The molecule has 0 aliphatic heterocycles. The van der Waals surface area contributed by atoms with E-state index >= 15 is 0 Å². The minimum atomic E-state index is -4.46. The van der Waals surface area contributed by atoms with Gasteiger partial charge in [0.05, 0.1) is 11.4 Å². The van der Waals surface area contributed by atoms with E-state index in [2.05, 4.69) is 15.2 Å². The molecule has 0 spiro atoms. The molecule has 0 radical (unpaired) electrons. The average Bonchev–Trinajstić information content (AvgIpc) is 2.98. The van der Waals surface area contributed by atoms with Gasteiger partial charge in [-0.25, -0.2) is 0 Å². The lowest BCUT2D eigenvalue weighted by Gasteiger charge is -2.03. The van der Waals surface area contributed by atoms with Crippen molar-refractivity contribution in [2.24, 2.45) is 0 Å². The normalized spacial score (nSPS) is 11.6. The number of alkyl halides is 3. The van der Waals surface area contributed by atoms with Gasteiger partial charge in [-0.15, -0.1) is 0 Å². The summed E-state index contributed by atoms with van der Waals surface area (Å²) < 4.78 is 37.6. The summed E-state index contributed by atoms with van der Waals surface area (Å²) in [5, 5.41) is 5.63. The molecular weight excluding hydrogens is 291 g/mol. The van der Waals surface area contributed by atoms with Crippen molar-refractivity contribution in [1.29, 1.82) is 0 Å². The molecule has 0 bridgehead atoms. The van der Waals surface area contributed by atoms with E-state index in [9.17, 15) is 13.2 Å². The van der Waals surface area contributed by atoms with Crippen LogP contribution in [0.4, 0.5) is 13.2 Å². The van der Waals surface area contributed by atoms with Crippen LogP contribution in [0, 0.1) is 6.92 Å². The number of rotatable bonds is 2. The molecule has 3 rings (SSSR count). The number of halogens is 3. The lowest BCUT2D eigenvalue weighted by atomic mass is 10.1. The maximum absolute atomic E-state index is 12.5. The van der Waals surface area contributed by atoms with Crippen LogP contribution < -0.4 is 0 Å². The van der Waals surface area contributed by atoms with E-state index in [0.29, 0.717) is 5.69 Å². The molecule has 0 saturated heterocycles. The zero-order valence-electron chi connectivity index (χ0n) is 11.6. The smallest absolute Gasteiger partial charge is 0.276 e. The molecule has 3 aromatic rings. The van der Waals surface area contributed by atoms with Gasteiger partial charge in [0.25, 0.3) is 0 Å². The molecule has 0 unspecified atom stereocenters. The van der Waals surface area contributed by atoms with Crippen LogP contribution in [0.1, 0.15) is 11.3 Å².